The van der Waals surface area contributed by atoms with E-state index in [0.29, 0.717) is 12.8 Å². The predicted octanol–water partition coefficient (Wildman–Crippen LogP) is 23.9. The zero-order chi connectivity index (χ0) is 65.8. The zero-order valence-electron chi connectivity index (χ0n) is 57.2. The fourth-order valence-corrected chi connectivity index (χ4v) is 9.76. The lowest BCUT2D eigenvalue weighted by atomic mass is 10.1. The lowest BCUT2D eigenvalue weighted by Gasteiger charge is -2.19. The van der Waals surface area contributed by atoms with Crippen LogP contribution in [0.1, 0.15) is 258 Å². The summed E-state index contributed by atoms with van der Waals surface area (Å²) in [4.78, 5) is 35.4. The maximum Gasteiger partial charge on any atom is 0.472 e. The van der Waals surface area contributed by atoms with Crippen molar-refractivity contribution in [2.75, 3.05) is 26.4 Å². The minimum absolute atomic E-state index is 0.0404. The number of ether oxygens (including phenoxy) is 2. The second-order valence-electron chi connectivity index (χ2n) is 22.6. The van der Waals surface area contributed by atoms with Gasteiger partial charge in [0, 0.05) is 19.4 Å². The van der Waals surface area contributed by atoms with Gasteiger partial charge in [0.05, 0.1) is 13.2 Å². The molecule has 0 spiro atoms. The Morgan fingerprint density at radius 3 is 0.846 bits per heavy atom. The van der Waals surface area contributed by atoms with Gasteiger partial charge in [0.25, 0.3) is 0 Å². The standard InChI is InChI=1S/C81H128NO8P/c1-3-5-7-9-11-13-15-17-19-21-23-25-27-29-31-33-35-36-37-38-39-40-41-42-44-46-48-50-52-54-56-58-60-62-64-66-68-70-72-74-81(84)90-79(78-89-91(85,86)88-76-75-82)77-87-80(83)73-71-69-67-65-63-61-59-57-55-53-51-49-47-45-43-34-32-30-28-26-24-22-20-18-16-14-12-10-8-6-4-2/h5-8,11-14,17-20,23-26,29-32,35-36,38-39,41-43,45-46,48-49,51-52,54,79H,3-4,9-10,15-16,21-22,27-28,33-34,37,40,44,47,50,53,55-78,82H2,1-2H3,(H,85,86)/b7-5-,8-6-,13-11-,14-12-,19-17-,20-18-,25-23-,26-24-,31-29-,32-30-,36-35-,39-38-,42-41-,45-43-,48-46-,51-49-,54-52-. The molecule has 0 heterocycles. The van der Waals surface area contributed by atoms with Crippen LogP contribution in [0.2, 0.25) is 0 Å². The number of allylic oxidation sites excluding steroid dienone is 34. The van der Waals surface area contributed by atoms with Gasteiger partial charge in [-0.25, -0.2) is 4.57 Å². The van der Waals surface area contributed by atoms with Gasteiger partial charge >= 0.3 is 19.8 Å². The largest absolute Gasteiger partial charge is 0.472 e. The highest BCUT2D eigenvalue weighted by molar-refractivity contribution is 7.47. The molecule has 0 fully saturated rings. The monoisotopic (exact) mass is 1270 g/mol. The fourth-order valence-electron chi connectivity index (χ4n) is 9.00. The molecule has 3 N–H and O–H groups in total. The van der Waals surface area contributed by atoms with Gasteiger partial charge in [-0.3, -0.25) is 18.6 Å². The third-order valence-electron chi connectivity index (χ3n) is 14.2. The first-order valence-corrected chi connectivity index (χ1v) is 37.1. The highest BCUT2D eigenvalue weighted by Gasteiger charge is 2.26. The van der Waals surface area contributed by atoms with Crippen LogP contribution in [0.5, 0.6) is 0 Å². The summed E-state index contributed by atoms with van der Waals surface area (Å²) in [5.41, 5.74) is 5.40. The number of nitrogens with two attached hydrogens (primary N) is 1. The zero-order valence-corrected chi connectivity index (χ0v) is 58.1. The molecule has 2 unspecified atom stereocenters. The molecule has 0 saturated carbocycles. The van der Waals surface area contributed by atoms with E-state index < -0.39 is 32.5 Å². The summed E-state index contributed by atoms with van der Waals surface area (Å²) in [7, 11) is -4.41. The van der Waals surface area contributed by atoms with Crippen molar-refractivity contribution < 1.29 is 37.6 Å². The quantitative estimate of drug-likeness (QED) is 0.0264. The molecule has 0 aromatic heterocycles. The molecule has 0 aliphatic carbocycles. The number of hydrogen-bond donors (Lipinski definition) is 2. The Morgan fingerprint density at radius 1 is 0.330 bits per heavy atom. The lowest BCUT2D eigenvalue weighted by molar-refractivity contribution is -0.161. The molecule has 0 bridgehead atoms. The Balaban J connectivity index is 4.01. The molecule has 0 radical (unpaired) electrons. The van der Waals surface area contributed by atoms with Crippen LogP contribution in [0.25, 0.3) is 0 Å². The summed E-state index contributed by atoms with van der Waals surface area (Å²) in [6, 6.07) is 0. The van der Waals surface area contributed by atoms with Crippen LogP contribution in [-0.2, 0) is 32.7 Å². The second kappa shape index (κ2) is 73.6. The number of carbonyl (C=O) groups excluding carboxylic acids is 2. The van der Waals surface area contributed by atoms with Gasteiger partial charge in [-0.2, -0.15) is 0 Å². The van der Waals surface area contributed by atoms with E-state index in [2.05, 4.69) is 220 Å². The number of rotatable bonds is 64. The van der Waals surface area contributed by atoms with Gasteiger partial charge in [0.1, 0.15) is 6.61 Å². The van der Waals surface area contributed by atoms with E-state index in [1.165, 1.54) is 57.8 Å². The number of esters is 2. The van der Waals surface area contributed by atoms with Crippen LogP contribution >= 0.6 is 7.82 Å². The number of hydrogen-bond acceptors (Lipinski definition) is 8. The fraction of sp³-hybridized carbons (Fsp3) is 0.556. The topological polar surface area (TPSA) is 134 Å². The van der Waals surface area contributed by atoms with Crippen molar-refractivity contribution in [1.29, 1.82) is 0 Å². The molecule has 0 aliphatic rings. The second-order valence-corrected chi connectivity index (χ2v) is 24.1. The summed E-state index contributed by atoms with van der Waals surface area (Å²) in [6.45, 7) is 3.48. The average Bonchev–Trinajstić information content (AvgIpc) is 3.71. The van der Waals surface area contributed by atoms with Crippen molar-refractivity contribution in [2.24, 2.45) is 5.73 Å². The van der Waals surface area contributed by atoms with E-state index in [9.17, 15) is 19.0 Å². The Bertz CT molecular complexity index is 2250. The summed E-state index contributed by atoms with van der Waals surface area (Å²) in [5, 5.41) is 0. The van der Waals surface area contributed by atoms with Crippen molar-refractivity contribution in [1.82, 2.24) is 0 Å². The third-order valence-corrected chi connectivity index (χ3v) is 15.1. The molecule has 510 valence electrons. The minimum atomic E-state index is -4.41. The molecule has 0 aliphatic heterocycles. The lowest BCUT2D eigenvalue weighted by Crippen LogP contribution is -2.29. The van der Waals surface area contributed by atoms with Crippen molar-refractivity contribution in [3.8, 4) is 0 Å². The predicted molar refractivity (Wildman–Crippen MR) is 394 cm³/mol. The molecule has 91 heavy (non-hydrogen) atoms. The van der Waals surface area contributed by atoms with Crippen LogP contribution in [0.3, 0.4) is 0 Å². The molecule has 2 atom stereocenters. The summed E-state index contributed by atoms with van der Waals surface area (Å²) in [5.74, 6) is -0.857. The molecular weight excluding hydrogens is 1150 g/mol. The first kappa shape index (κ1) is 85.6. The van der Waals surface area contributed by atoms with E-state index in [1.54, 1.807) is 0 Å². The van der Waals surface area contributed by atoms with Crippen molar-refractivity contribution in [2.45, 2.75) is 264 Å². The van der Waals surface area contributed by atoms with Gasteiger partial charge < -0.3 is 20.1 Å². The number of carbonyl (C=O) groups is 2. The van der Waals surface area contributed by atoms with Crippen LogP contribution in [0.4, 0.5) is 0 Å². The first-order valence-electron chi connectivity index (χ1n) is 35.6. The summed E-state index contributed by atoms with van der Waals surface area (Å²) < 4.78 is 33.2. The van der Waals surface area contributed by atoms with Crippen molar-refractivity contribution in [3.63, 3.8) is 0 Å². The number of phosphoric ester groups is 1. The molecule has 0 aromatic carbocycles. The molecule has 0 saturated heterocycles. The maximum atomic E-state index is 12.8. The molecule has 9 nitrogen and oxygen atoms in total. The molecule has 0 aromatic rings. The Morgan fingerprint density at radius 2 is 0.571 bits per heavy atom. The van der Waals surface area contributed by atoms with Crippen LogP contribution < -0.4 is 5.73 Å². The van der Waals surface area contributed by atoms with Gasteiger partial charge in [-0.1, -0.05) is 304 Å². The van der Waals surface area contributed by atoms with Gasteiger partial charge in [0.15, 0.2) is 6.10 Å². The smallest absolute Gasteiger partial charge is 0.462 e. The van der Waals surface area contributed by atoms with Crippen molar-refractivity contribution >= 4 is 19.8 Å². The van der Waals surface area contributed by atoms with E-state index in [-0.39, 0.29) is 32.6 Å². The first-order chi connectivity index (χ1) is 44.8. The van der Waals surface area contributed by atoms with E-state index in [4.69, 9.17) is 24.3 Å². The SMILES string of the molecule is CC/C=C\C/C=C\C/C=C\C/C=C\C/C=C\C/C=C\C/C=C\C/C=C\C/C=C\C/C=C\CCCCCCCCCCC(=O)OC(COC(=O)CCCCCCCCCCC/C=C\C/C=C\C/C=C\C/C=C\C/C=C\C/C=C\C/C=C\CC)COP(=O)(O)OCCN. The minimum Gasteiger partial charge on any atom is -0.462 e. The van der Waals surface area contributed by atoms with E-state index in [1.807, 2.05) is 0 Å². The average molecular weight is 1270 g/mol. The Labute approximate surface area is 557 Å². The Kier molecular flexibility index (Phi) is 69.3. The van der Waals surface area contributed by atoms with E-state index in [0.717, 1.165) is 161 Å². The highest BCUT2D eigenvalue weighted by atomic mass is 31.2. The van der Waals surface area contributed by atoms with Gasteiger partial charge in [-0.15, -0.1) is 0 Å². The number of phosphoric acid groups is 1. The molecule has 10 heteroatoms. The van der Waals surface area contributed by atoms with Crippen LogP contribution in [0, 0.1) is 0 Å². The normalized spacial score (nSPS) is 14.2. The summed E-state index contributed by atoms with van der Waals surface area (Å²) >= 11 is 0. The molecule has 0 amide bonds. The number of unbranched alkanes of at least 4 members (excludes halogenated alkanes) is 17. The van der Waals surface area contributed by atoms with Gasteiger partial charge in [-0.05, 0) is 148 Å². The van der Waals surface area contributed by atoms with Crippen LogP contribution in [-0.4, -0.2) is 49.3 Å². The molecule has 0 rings (SSSR count). The maximum absolute atomic E-state index is 12.8. The molecular formula is C81H128NO8P. The summed E-state index contributed by atoms with van der Waals surface area (Å²) in [6.07, 6.45) is 113. The van der Waals surface area contributed by atoms with Gasteiger partial charge in [0.2, 0.25) is 0 Å². The third kappa shape index (κ3) is 73.5. The van der Waals surface area contributed by atoms with Crippen molar-refractivity contribution in [3.05, 3.63) is 207 Å². The van der Waals surface area contributed by atoms with E-state index >= 15 is 0 Å². The highest BCUT2D eigenvalue weighted by Crippen LogP contribution is 2.43. The Hall–Kier alpha value is -5.41. The van der Waals surface area contributed by atoms with Crippen LogP contribution in [0.15, 0.2) is 207 Å².